The van der Waals surface area contributed by atoms with Gasteiger partial charge in [-0.25, -0.2) is 0 Å². The molecule has 1 saturated carbocycles. The van der Waals surface area contributed by atoms with E-state index in [1.165, 1.54) is 19.3 Å². The second-order valence-corrected chi connectivity index (χ2v) is 4.54. The first-order chi connectivity index (χ1) is 8.22. The van der Waals surface area contributed by atoms with Gasteiger partial charge in [0.1, 0.15) is 11.3 Å². The Balaban J connectivity index is 2.30. The highest BCUT2D eigenvalue weighted by atomic mass is 15.0. The normalized spacial score (nSPS) is 16.4. The number of aromatic nitrogens is 1. The highest BCUT2D eigenvalue weighted by Crippen LogP contribution is 2.24. The maximum Gasteiger partial charge on any atom is 0.130 e. The lowest BCUT2D eigenvalue weighted by Gasteiger charge is -2.23. The molecule has 0 aromatic carbocycles. The van der Waals surface area contributed by atoms with E-state index in [1.807, 2.05) is 0 Å². The largest absolute Gasteiger partial charge is 0.289 e. The van der Waals surface area contributed by atoms with Crippen molar-refractivity contribution in [3.05, 3.63) is 29.4 Å². The summed E-state index contributed by atoms with van der Waals surface area (Å²) in [5, 5.41) is 16.1. The highest BCUT2D eigenvalue weighted by Gasteiger charge is 2.19. The molecule has 1 aliphatic rings. The zero-order valence-electron chi connectivity index (χ0n) is 9.87. The third-order valence-corrected chi connectivity index (χ3v) is 3.37. The molecule has 1 aromatic heterocycles. The van der Waals surface area contributed by atoms with Crippen LogP contribution in [0.3, 0.4) is 0 Å². The highest BCUT2D eigenvalue weighted by molar-refractivity contribution is 5.83. The fourth-order valence-corrected chi connectivity index (χ4v) is 2.36. The molecule has 0 radical (unpaired) electrons. The van der Waals surface area contributed by atoms with Crippen molar-refractivity contribution in [1.29, 1.82) is 10.8 Å². The molecule has 1 fully saturated rings. The number of pyridine rings is 1. The average molecular weight is 227 g/mol. The minimum absolute atomic E-state index is 0.283. The summed E-state index contributed by atoms with van der Waals surface area (Å²) >= 11 is 0. The molecule has 0 spiro atoms. The van der Waals surface area contributed by atoms with Crippen LogP contribution >= 0.6 is 0 Å². The van der Waals surface area contributed by atoms with Crippen molar-refractivity contribution in [2.75, 3.05) is 0 Å². The van der Waals surface area contributed by atoms with Gasteiger partial charge >= 0.3 is 0 Å². The molecule has 17 heavy (non-hydrogen) atoms. The Morgan fingerprint density at radius 3 is 2.65 bits per heavy atom. The summed E-state index contributed by atoms with van der Waals surface area (Å²) in [6.07, 6.45) is 12.8. The first kappa shape index (κ1) is 11.7. The Hall–Kier alpha value is -1.82. The smallest absolute Gasteiger partial charge is 0.130 e. The van der Waals surface area contributed by atoms with Crippen LogP contribution < -0.4 is 5.49 Å². The summed E-state index contributed by atoms with van der Waals surface area (Å²) < 4.78 is 1.62. The van der Waals surface area contributed by atoms with Gasteiger partial charge in [-0.15, -0.1) is 6.42 Å². The molecule has 0 atom stereocenters. The van der Waals surface area contributed by atoms with Crippen molar-refractivity contribution in [2.24, 2.45) is 5.92 Å². The average Bonchev–Trinajstić information content (AvgIpc) is 2.39. The van der Waals surface area contributed by atoms with Crippen LogP contribution in [0, 0.1) is 29.1 Å². The van der Waals surface area contributed by atoms with Crippen molar-refractivity contribution < 1.29 is 0 Å². The van der Waals surface area contributed by atoms with Gasteiger partial charge in [0.15, 0.2) is 0 Å². The van der Waals surface area contributed by atoms with Gasteiger partial charge in [0.2, 0.25) is 0 Å². The number of hydrogen-bond donors (Lipinski definition) is 2. The minimum atomic E-state index is 0.283. The molecule has 2 rings (SSSR count). The molecule has 3 nitrogen and oxygen atoms in total. The predicted octanol–water partition coefficient (Wildman–Crippen LogP) is 2.35. The monoisotopic (exact) mass is 227 g/mol. The van der Waals surface area contributed by atoms with Gasteiger partial charge in [0.05, 0.1) is 0 Å². The van der Waals surface area contributed by atoms with Gasteiger partial charge in [-0.05, 0) is 25.0 Å². The van der Waals surface area contributed by atoms with E-state index in [0.29, 0.717) is 11.3 Å². The fourth-order valence-electron chi connectivity index (χ4n) is 2.36. The molecule has 2 N–H and O–H groups in total. The molecule has 1 heterocycles. The molecule has 1 aliphatic carbocycles. The molecule has 0 aliphatic heterocycles. The van der Waals surface area contributed by atoms with E-state index in [9.17, 15) is 0 Å². The van der Waals surface area contributed by atoms with Crippen LogP contribution in [-0.2, 0) is 0 Å². The van der Waals surface area contributed by atoms with E-state index >= 15 is 0 Å². The number of nitrogens with zero attached hydrogens (tertiary/aromatic N) is 1. The summed E-state index contributed by atoms with van der Waals surface area (Å²) in [4.78, 5) is 0. The molecule has 1 aromatic rings. The first-order valence-electron chi connectivity index (χ1n) is 6.05. The van der Waals surface area contributed by atoms with E-state index in [-0.39, 0.29) is 5.92 Å². The van der Waals surface area contributed by atoms with Gasteiger partial charge in [0.25, 0.3) is 0 Å². The predicted molar refractivity (Wildman–Crippen MR) is 67.9 cm³/mol. The lowest BCUT2D eigenvalue weighted by atomic mass is 9.88. The van der Waals surface area contributed by atoms with Gasteiger partial charge < -0.3 is 0 Å². The summed E-state index contributed by atoms with van der Waals surface area (Å²) in [5.41, 5.74) is 1.06. The van der Waals surface area contributed by atoms with Gasteiger partial charge in [-0.1, -0.05) is 25.2 Å². The molecular formula is C14H17N3. The molecule has 0 amide bonds. The number of terminal acetylenes is 1. The Morgan fingerprint density at radius 1 is 1.29 bits per heavy atom. The molecular weight excluding hydrogens is 210 g/mol. The van der Waals surface area contributed by atoms with Crippen LogP contribution in [0.2, 0.25) is 0 Å². The van der Waals surface area contributed by atoms with Crippen molar-refractivity contribution in [2.45, 2.75) is 32.1 Å². The topological polar surface area (TPSA) is 52.6 Å². The fraction of sp³-hybridized carbons (Fsp3) is 0.429. The standard InChI is InChI=1S/C14H17N3/c1-2-11-8-9-13(15)17(10-11)14(16)12-6-4-3-5-7-12/h1,8-10,12,15-16H,3-7H2. The summed E-state index contributed by atoms with van der Waals surface area (Å²) in [7, 11) is 0. The third kappa shape index (κ3) is 2.47. The van der Waals surface area contributed by atoms with Gasteiger partial charge in [-0.2, -0.15) is 0 Å². The van der Waals surface area contributed by atoms with E-state index in [1.54, 1.807) is 22.9 Å². The van der Waals surface area contributed by atoms with Crippen molar-refractivity contribution in [3.8, 4) is 12.3 Å². The lowest BCUT2D eigenvalue weighted by Crippen LogP contribution is -2.32. The van der Waals surface area contributed by atoms with Crippen LogP contribution in [0.1, 0.15) is 37.7 Å². The maximum absolute atomic E-state index is 8.21. The number of hydrogen-bond acceptors (Lipinski definition) is 2. The Kier molecular flexibility index (Phi) is 3.43. The Labute approximate surface area is 102 Å². The molecule has 0 saturated heterocycles. The molecule has 88 valence electrons. The number of nitrogens with one attached hydrogen (secondary N) is 2. The first-order valence-corrected chi connectivity index (χ1v) is 6.05. The minimum Gasteiger partial charge on any atom is -0.289 e. The quantitative estimate of drug-likeness (QED) is 0.420. The molecule has 0 bridgehead atoms. The van der Waals surface area contributed by atoms with Gasteiger partial charge in [-0.3, -0.25) is 15.4 Å². The zero-order valence-corrected chi connectivity index (χ0v) is 9.87. The second kappa shape index (κ2) is 5.01. The van der Waals surface area contributed by atoms with Gasteiger partial charge in [0, 0.05) is 17.7 Å². The van der Waals surface area contributed by atoms with E-state index in [4.69, 9.17) is 17.2 Å². The van der Waals surface area contributed by atoms with Crippen LogP contribution in [-0.4, -0.2) is 10.4 Å². The van der Waals surface area contributed by atoms with E-state index in [0.717, 1.165) is 18.4 Å². The number of rotatable bonds is 1. The molecule has 0 unspecified atom stereocenters. The molecule has 3 heteroatoms. The van der Waals surface area contributed by atoms with E-state index < -0.39 is 0 Å². The van der Waals surface area contributed by atoms with Crippen LogP contribution in [0.15, 0.2) is 18.3 Å². The summed E-state index contributed by atoms with van der Waals surface area (Å²) in [5.74, 6) is 3.35. The maximum atomic E-state index is 8.21. The Bertz CT molecular complexity index is 513. The summed E-state index contributed by atoms with van der Waals surface area (Å²) in [6, 6.07) is 3.40. The Morgan fingerprint density at radius 2 is 2.00 bits per heavy atom. The van der Waals surface area contributed by atoms with Crippen LogP contribution in [0.4, 0.5) is 0 Å². The lowest BCUT2D eigenvalue weighted by molar-refractivity contribution is 0.430. The van der Waals surface area contributed by atoms with Crippen molar-refractivity contribution in [3.63, 3.8) is 0 Å². The zero-order chi connectivity index (χ0) is 12.3. The van der Waals surface area contributed by atoms with Crippen molar-refractivity contribution in [1.82, 2.24) is 4.57 Å². The second-order valence-electron chi connectivity index (χ2n) is 4.54. The van der Waals surface area contributed by atoms with Crippen molar-refractivity contribution >= 4 is 5.84 Å². The SMILES string of the molecule is C#Cc1ccc(=N)n(C(=N)C2CCCCC2)c1. The summed E-state index contributed by atoms with van der Waals surface area (Å²) in [6.45, 7) is 0. The van der Waals surface area contributed by atoms with E-state index in [2.05, 4.69) is 5.92 Å². The third-order valence-electron chi connectivity index (χ3n) is 3.37. The van der Waals surface area contributed by atoms with Crippen LogP contribution in [0.5, 0.6) is 0 Å². The van der Waals surface area contributed by atoms with Crippen LogP contribution in [0.25, 0.3) is 0 Å².